The topological polar surface area (TPSA) is 52.3 Å². The predicted molar refractivity (Wildman–Crippen MR) is 87.3 cm³/mol. The summed E-state index contributed by atoms with van der Waals surface area (Å²) < 4.78 is 6.51. The van der Waals surface area contributed by atoms with Gasteiger partial charge in [0.1, 0.15) is 12.4 Å². The summed E-state index contributed by atoms with van der Waals surface area (Å²) >= 11 is 3.36. The molecule has 0 fully saturated rings. The number of rotatable bonds is 6. The van der Waals surface area contributed by atoms with Crippen molar-refractivity contribution in [2.45, 2.75) is 13.0 Å². The van der Waals surface area contributed by atoms with E-state index < -0.39 is 5.91 Å². The maximum absolute atomic E-state index is 11.6. The first-order valence-electron chi connectivity index (χ1n) is 6.52. The van der Waals surface area contributed by atoms with Crippen molar-refractivity contribution in [1.82, 2.24) is 0 Å². The number of primary amides is 1. The van der Waals surface area contributed by atoms with Gasteiger partial charge in [-0.2, -0.15) is 0 Å². The lowest BCUT2D eigenvalue weighted by atomic mass is 10.0. The number of ether oxygens (including phenoxy) is 1. The van der Waals surface area contributed by atoms with E-state index in [2.05, 4.69) is 22.5 Å². The van der Waals surface area contributed by atoms with Crippen LogP contribution in [-0.4, -0.2) is 5.91 Å². The average molecular weight is 346 g/mol. The van der Waals surface area contributed by atoms with Crippen LogP contribution >= 0.6 is 15.9 Å². The Morgan fingerprint density at radius 3 is 2.57 bits per heavy atom. The number of benzene rings is 2. The van der Waals surface area contributed by atoms with Crippen LogP contribution in [0.5, 0.6) is 5.75 Å². The second-order valence-electron chi connectivity index (χ2n) is 4.53. The van der Waals surface area contributed by atoms with Gasteiger partial charge in [0.05, 0.1) is 5.56 Å². The fraction of sp³-hybridized carbons (Fsp3) is 0.118. The average Bonchev–Trinajstić information content (AvgIpc) is 2.47. The number of allylic oxidation sites excluding steroid dienone is 1. The molecule has 0 unspecified atom stereocenters. The Labute approximate surface area is 132 Å². The molecule has 21 heavy (non-hydrogen) atoms. The zero-order valence-corrected chi connectivity index (χ0v) is 13.1. The van der Waals surface area contributed by atoms with E-state index in [0.717, 1.165) is 11.1 Å². The molecule has 0 saturated carbocycles. The van der Waals surface area contributed by atoms with Gasteiger partial charge >= 0.3 is 0 Å². The first-order valence-corrected chi connectivity index (χ1v) is 7.31. The highest BCUT2D eigenvalue weighted by Crippen LogP contribution is 2.30. The minimum atomic E-state index is -0.483. The molecule has 0 aliphatic rings. The molecule has 0 aliphatic carbocycles. The highest BCUT2D eigenvalue weighted by molar-refractivity contribution is 9.10. The highest BCUT2D eigenvalue weighted by Gasteiger charge is 2.16. The Hall–Kier alpha value is -2.07. The van der Waals surface area contributed by atoms with Crippen LogP contribution in [0.3, 0.4) is 0 Å². The smallest absolute Gasteiger partial charge is 0.250 e. The van der Waals surface area contributed by atoms with Crippen molar-refractivity contribution in [3.05, 3.63) is 76.3 Å². The molecule has 4 heteroatoms. The number of carbonyl (C=O) groups excluding carboxylic acids is 1. The van der Waals surface area contributed by atoms with Gasteiger partial charge in [0.15, 0.2) is 0 Å². The van der Waals surface area contributed by atoms with Crippen molar-refractivity contribution in [3.8, 4) is 5.75 Å². The van der Waals surface area contributed by atoms with Gasteiger partial charge in [0.25, 0.3) is 0 Å². The number of hydrogen-bond donors (Lipinski definition) is 1. The monoisotopic (exact) mass is 345 g/mol. The van der Waals surface area contributed by atoms with Crippen molar-refractivity contribution in [3.63, 3.8) is 0 Å². The summed E-state index contributed by atoms with van der Waals surface area (Å²) in [6.45, 7) is 4.16. The lowest BCUT2D eigenvalue weighted by Crippen LogP contribution is -2.15. The van der Waals surface area contributed by atoms with E-state index in [-0.39, 0.29) is 0 Å². The third-order valence-corrected chi connectivity index (χ3v) is 3.71. The molecule has 0 radical (unpaired) electrons. The molecule has 2 rings (SSSR count). The highest BCUT2D eigenvalue weighted by atomic mass is 79.9. The molecule has 0 bridgehead atoms. The fourth-order valence-electron chi connectivity index (χ4n) is 2.08. The van der Waals surface area contributed by atoms with Crippen LogP contribution in [0.25, 0.3) is 0 Å². The Kier molecular flexibility index (Phi) is 5.17. The summed E-state index contributed by atoms with van der Waals surface area (Å²) in [5.74, 6) is 0.166. The SMILES string of the molecule is C=CCc1c(OCc2ccccc2)ccc(Br)c1C(N)=O. The zero-order chi connectivity index (χ0) is 15.2. The van der Waals surface area contributed by atoms with Crippen molar-refractivity contribution in [2.24, 2.45) is 5.73 Å². The summed E-state index contributed by atoms with van der Waals surface area (Å²) in [6, 6.07) is 13.4. The number of halogens is 1. The maximum Gasteiger partial charge on any atom is 0.250 e. The number of hydrogen-bond acceptors (Lipinski definition) is 2. The third-order valence-electron chi connectivity index (χ3n) is 3.05. The van der Waals surface area contributed by atoms with Gasteiger partial charge in [-0.25, -0.2) is 0 Å². The first kappa shape index (κ1) is 15.3. The maximum atomic E-state index is 11.6. The second kappa shape index (κ2) is 7.09. The van der Waals surface area contributed by atoms with Crippen LogP contribution in [-0.2, 0) is 13.0 Å². The predicted octanol–water partition coefficient (Wildman–Crippen LogP) is 3.86. The van der Waals surface area contributed by atoms with Crippen molar-refractivity contribution in [1.29, 1.82) is 0 Å². The van der Waals surface area contributed by atoms with Crippen molar-refractivity contribution >= 4 is 21.8 Å². The van der Waals surface area contributed by atoms with E-state index in [1.165, 1.54) is 0 Å². The van der Waals surface area contributed by atoms with Gasteiger partial charge < -0.3 is 10.5 Å². The number of carbonyl (C=O) groups is 1. The second-order valence-corrected chi connectivity index (χ2v) is 5.38. The molecule has 0 saturated heterocycles. The molecule has 3 nitrogen and oxygen atoms in total. The van der Waals surface area contributed by atoms with Crippen molar-refractivity contribution in [2.75, 3.05) is 0 Å². The standard InChI is InChI=1S/C17H16BrNO2/c1-2-6-13-15(10-9-14(18)16(13)17(19)20)21-11-12-7-4-3-5-8-12/h2-5,7-10H,1,6,11H2,(H2,19,20). The first-order chi connectivity index (χ1) is 10.1. The summed E-state index contributed by atoms with van der Waals surface area (Å²) in [6.07, 6.45) is 2.24. The van der Waals surface area contributed by atoms with Crippen LogP contribution in [0.2, 0.25) is 0 Å². The molecular weight excluding hydrogens is 330 g/mol. The largest absolute Gasteiger partial charge is 0.489 e. The van der Waals surface area contributed by atoms with E-state index in [9.17, 15) is 4.79 Å². The van der Waals surface area contributed by atoms with E-state index in [0.29, 0.717) is 28.8 Å². The fourth-order valence-corrected chi connectivity index (χ4v) is 2.65. The summed E-state index contributed by atoms with van der Waals surface area (Å²) in [5.41, 5.74) is 7.72. The van der Waals surface area contributed by atoms with Crippen LogP contribution in [0.1, 0.15) is 21.5 Å². The Morgan fingerprint density at radius 1 is 1.24 bits per heavy atom. The molecule has 108 valence electrons. The Morgan fingerprint density at radius 2 is 1.95 bits per heavy atom. The van der Waals surface area contributed by atoms with Crippen LogP contribution in [0.15, 0.2) is 59.6 Å². The lowest BCUT2D eigenvalue weighted by Gasteiger charge is -2.14. The Bertz CT molecular complexity index is 653. The molecule has 0 spiro atoms. The van der Waals surface area contributed by atoms with Gasteiger partial charge in [0.2, 0.25) is 5.91 Å². The van der Waals surface area contributed by atoms with Gasteiger partial charge in [-0.05, 0) is 40.0 Å². The molecular formula is C17H16BrNO2. The Balaban J connectivity index is 2.32. The molecule has 0 aliphatic heterocycles. The molecule has 0 heterocycles. The molecule has 2 aromatic carbocycles. The summed E-state index contributed by atoms with van der Waals surface area (Å²) in [4.78, 5) is 11.6. The number of nitrogens with two attached hydrogens (primary N) is 1. The molecule has 2 N–H and O–H groups in total. The van der Waals surface area contributed by atoms with Gasteiger partial charge in [-0.3, -0.25) is 4.79 Å². The van der Waals surface area contributed by atoms with Gasteiger partial charge in [-0.15, -0.1) is 6.58 Å². The van der Waals surface area contributed by atoms with Crippen molar-refractivity contribution < 1.29 is 9.53 Å². The quantitative estimate of drug-likeness (QED) is 0.808. The van der Waals surface area contributed by atoms with E-state index in [4.69, 9.17) is 10.5 Å². The van der Waals surface area contributed by atoms with Crippen LogP contribution in [0.4, 0.5) is 0 Å². The molecule has 2 aromatic rings. The van der Waals surface area contributed by atoms with E-state index in [1.54, 1.807) is 12.1 Å². The molecule has 0 aromatic heterocycles. The normalized spacial score (nSPS) is 10.1. The summed E-state index contributed by atoms with van der Waals surface area (Å²) in [7, 11) is 0. The zero-order valence-electron chi connectivity index (χ0n) is 11.5. The minimum absolute atomic E-state index is 0.435. The summed E-state index contributed by atoms with van der Waals surface area (Å²) in [5, 5.41) is 0. The van der Waals surface area contributed by atoms with Crippen LogP contribution < -0.4 is 10.5 Å². The molecule has 1 amide bonds. The minimum Gasteiger partial charge on any atom is -0.489 e. The van der Waals surface area contributed by atoms with Gasteiger partial charge in [0, 0.05) is 10.0 Å². The third kappa shape index (κ3) is 3.73. The van der Waals surface area contributed by atoms with Crippen LogP contribution in [0, 0.1) is 0 Å². The van der Waals surface area contributed by atoms with E-state index in [1.807, 2.05) is 36.4 Å². The van der Waals surface area contributed by atoms with E-state index >= 15 is 0 Å². The molecule has 0 atom stereocenters. The van der Waals surface area contributed by atoms with Gasteiger partial charge in [-0.1, -0.05) is 36.4 Å². The number of amides is 1. The lowest BCUT2D eigenvalue weighted by molar-refractivity contribution is 0.0998.